The van der Waals surface area contributed by atoms with Crippen LogP contribution in [-0.2, 0) is 4.74 Å². The van der Waals surface area contributed by atoms with Crippen LogP contribution in [0.5, 0.6) is 0 Å². The lowest BCUT2D eigenvalue weighted by molar-refractivity contribution is -0.0559. The molecule has 1 fully saturated rings. The van der Waals surface area contributed by atoms with E-state index >= 15 is 0 Å². The quantitative estimate of drug-likeness (QED) is 0.904. The maximum atomic E-state index is 13.9. The summed E-state index contributed by atoms with van der Waals surface area (Å²) in [6.45, 7) is 11.7. The number of halogens is 1. The fourth-order valence-corrected chi connectivity index (χ4v) is 2.85. The Balaban J connectivity index is 2.19. The molecule has 0 amide bonds. The monoisotopic (exact) mass is 294 g/mol. The molecule has 1 saturated heterocycles. The molecule has 1 N–H and O–H groups in total. The van der Waals surface area contributed by atoms with Crippen LogP contribution in [0.3, 0.4) is 0 Å². The molecule has 0 aliphatic carbocycles. The molecule has 1 aromatic carbocycles. The molecule has 0 radical (unpaired) electrons. The highest BCUT2D eigenvalue weighted by Crippen LogP contribution is 2.25. The highest BCUT2D eigenvalue weighted by Gasteiger charge is 2.30. The topological polar surface area (TPSA) is 24.5 Å². The highest BCUT2D eigenvalue weighted by atomic mass is 19.1. The molecule has 3 nitrogen and oxygen atoms in total. The molecule has 0 bridgehead atoms. The predicted molar refractivity (Wildman–Crippen MR) is 84.0 cm³/mol. The normalized spacial score (nSPS) is 21.7. The summed E-state index contributed by atoms with van der Waals surface area (Å²) in [6, 6.07) is 6.03. The zero-order valence-corrected chi connectivity index (χ0v) is 13.5. The minimum atomic E-state index is -0.146. The zero-order chi connectivity index (χ0) is 15.4. The molecule has 1 aliphatic heterocycles. The smallest absolute Gasteiger partial charge is 0.126 e. The predicted octanol–water partition coefficient (Wildman–Crippen LogP) is 2.89. The van der Waals surface area contributed by atoms with E-state index in [9.17, 15) is 4.39 Å². The van der Waals surface area contributed by atoms with Crippen LogP contribution in [0.4, 0.5) is 4.39 Å². The third kappa shape index (κ3) is 4.02. The van der Waals surface area contributed by atoms with Gasteiger partial charge in [0.05, 0.1) is 18.8 Å². The van der Waals surface area contributed by atoms with Crippen molar-refractivity contribution in [2.45, 2.75) is 45.9 Å². The van der Waals surface area contributed by atoms with Gasteiger partial charge in [-0.15, -0.1) is 0 Å². The Hall–Kier alpha value is -0.970. The van der Waals surface area contributed by atoms with Crippen LogP contribution in [0.15, 0.2) is 18.2 Å². The summed E-state index contributed by atoms with van der Waals surface area (Å²) in [5, 5.41) is 3.46. The Labute approximate surface area is 127 Å². The third-order valence-corrected chi connectivity index (χ3v) is 4.21. The number of rotatable bonds is 5. The number of nitrogens with zero attached hydrogens (tertiary/aromatic N) is 1. The number of aryl methyl sites for hydroxylation is 1. The molecular weight excluding hydrogens is 267 g/mol. The minimum Gasteiger partial charge on any atom is -0.374 e. The first-order chi connectivity index (χ1) is 10.0. The van der Waals surface area contributed by atoms with E-state index in [2.05, 4.69) is 31.0 Å². The van der Waals surface area contributed by atoms with Crippen molar-refractivity contribution in [1.29, 1.82) is 0 Å². The van der Waals surface area contributed by atoms with Gasteiger partial charge < -0.3 is 10.1 Å². The van der Waals surface area contributed by atoms with Gasteiger partial charge in [0, 0.05) is 19.1 Å². The third-order valence-electron chi connectivity index (χ3n) is 4.21. The van der Waals surface area contributed by atoms with Crippen LogP contribution in [0.2, 0.25) is 0 Å². The summed E-state index contributed by atoms with van der Waals surface area (Å²) in [5.74, 6) is -0.146. The van der Waals surface area contributed by atoms with Gasteiger partial charge in [-0.25, -0.2) is 4.39 Å². The molecular formula is C17H27FN2O. The van der Waals surface area contributed by atoms with Crippen molar-refractivity contribution in [3.63, 3.8) is 0 Å². The van der Waals surface area contributed by atoms with E-state index in [-0.39, 0.29) is 18.0 Å². The molecule has 0 aromatic heterocycles. The number of nitrogens with one attached hydrogen (secondary N) is 1. The first kappa shape index (κ1) is 16.4. The van der Waals surface area contributed by atoms with Crippen LogP contribution < -0.4 is 5.32 Å². The minimum absolute atomic E-state index is 0.0339. The summed E-state index contributed by atoms with van der Waals surface area (Å²) < 4.78 is 19.8. The van der Waals surface area contributed by atoms with Gasteiger partial charge in [0.2, 0.25) is 0 Å². The van der Waals surface area contributed by atoms with Gasteiger partial charge >= 0.3 is 0 Å². The maximum absolute atomic E-state index is 13.9. The van der Waals surface area contributed by atoms with Crippen molar-refractivity contribution in [3.05, 3.63) is 35.1 Å². The van der Waals surface area contributed by atoms with Crippen molar-refractivity contribution in [2.24, 2.45) is 0 Å². The van der Waals surface area contributed by atoms with Crippen molar-refractivity contribution in [2.75, 3.05) is 26.2 Å². The van der Waals surface area contributed by atoms with Gasteiger partial charge in [-0.05, 0) is 44.5 Å². The second-order valence-corrected chi connectivity index (χ2v) is 6.04. The molecule has 1 aromatic rings. The average molecular weight is 294 g/mol. The van der Waals surface area contributed by atoms with Gasteiger partial charge in [-0.2, -0.15) is 0 Å². The van der Waals surface area contributed by atoms with Crippen LogP contribution in [0.1, 0.15) is 37.9 Å². The number of likely N-dealkylation sites (N-methyl/N-ethyl adjacent to an activating group) is 1. The van der Waals surface area contributed by atoms with Gasteiger partial charge in [0.1, 0.15) is 5.82 Å². The molecule has 4 heteroatoms. The fraction of sp³-hybridized carbons (Fsp3) is 0.647. The lowest BCUT2D eigenvalue weighted by Crippen LogP contribution is -2.50. The molecule has 2 unspecified atom stereocenters. The Morgan fingerprint density at radius 1 is 1.43 bits per heavy atom. The van der Waals surface area contributed by atoms with Gasteiger partial charge in [0.25, 0.3) is 0 Å². The Kier molecular flexibility index (Phi) is 5.73. The van der Waals surface area contributed by atoms with E-state index in [4.69, 9.17) is 4.74 Å². The van der Waals surface area contributed by atoms with Gasteiger partial charge in [0.15, 0.2) is 0 Å². The number of ether oxygens (including phenoxy) is 1. The summed E-state index contributed by atoms with van der Waals surface area (Å²) in [4.78, 5) is 2.42. The van der Waals surface area contributed by atoms with Crippen molar-refractivity contribution in [1.82, 2.24) is 10.2 Å². The van der Waals surface area contributed by atoms with Gasteiger partial charge in [-0.1, -0.05) is 19.1 Å². The fourth-order valence-electron chi connectivity index (χ4n) is 2.85. The van der Waals surface area contributed by atoms with E-state index in [1.54, 1.807) is 13.0 Å². The largest absolute Gasteiger partial charge is 0.374 e. The van der Waals surface area contributed by atoms with Crippen LogP contribution in [0.25, 0.3) is 0 Å². The Bertz CT molecular complexity index is 464. The van der Waals surface area contributed by atoms with Gasteiger partial charge in [-0.3, -0.25) is 4.90 Å². The average Bonchev–Trinajstić information content (AvgIpc) is 2.48. The molecule has 2 rings (SSSR count). The summed E-state index contributed by atoms with van der Waals surface area (Å²) in [6.07, 6.45) is 0.0585. The van der Waals surface area contributed by atoms with Crippen LogP contribution in [-0.4, -0.2) is 43.3 Å². The SMILES string of the molecule is CCNC(c1ccc(C)c(F)c1)C1CN(C(C)C)CCO1. The van der Waals surface area contributed by atoms with E-state index in [1.807, 2.05) is 12.1 Å². The summed E-state index contributed by atoms with van der Waals surface area (Å²) in [7, 11) is 0. The molecule has 1 aliphatic rings. The zero-order valence-electron chi connectivity index (χ0n) is 13.5. The summed E-state index contributed by atoms with van der Waals surface area (Å²) >= 11 is 0. The molecule has 21 heavy (non-hydrogen) atoms. The number of morpholine rings is 1. The van der Waals surface area contributed by atoms with E-state index < -0.39 is 0 Å². The van der Waals surface area contributed by atoms with Crippen LogP contribution >= 0.6 is 0 Å². The summed E-state index contributed by atoms with van der Waals surface area (Å²) in [5.41, 5.74) is 1.65. The second-order valence-electron chi connectivity index (χ2n) is 6.04. The highest BCUT2D eigenvalue weighted by molar-refractivity contribution is 5.27. The van der Waals surface area contributed by atoms with Crippen molar-refractivity contribution in [3.8, 4) is 0 Å². The molecule has 2 atom stereocenters. The first-order valence-electron chi connectivity index (χ1n) is 7.88. The maximum Gasteiger partial charge on any atom is 0.126 e. The number of hydrogen-bond donors (Lipinski definition) is 1. The first-order valence-corrected chi connectivity index (χ1v) is 7.88. The van der Waals surface area contributed by atoms with Crippen molar-refractivity contribution < 1.29 is 9.13 Å². The van der Waals surface area contributed by atoms with E-state index in [0.717, 1.165) is 31.8 Å². The van der Waals surface area contributed by atoms with E-state index in [0.29, 0.717) is 11.6 Å². The molecule has 1 heterocycles. The lowest BCUT2D eigenvalue weighted by Gasteiger charge is -2.39. The number of hydrogen-bond acceptors (Lipinski definition) is 3. The van der Waals surface area contributed by atoms with Crippen molar-refractivity contribution >= 4 is 0 Å². The molecule has 0 spiro atoms. The second kappa shape index (κ2) is 7.34. The Morgan fingerprint density at radius 3 is 2.81 bits per heavy atom. The molecule has 0 saturated carbocycles. The van der Waals surface area contributed by atoms with Crippen LogP contribution in [0, 0.1) is 12.7 Å². The number of benzene rings is 1. The standard InChI is InChI=1S/C17H27FN2O/c1-5-19-17(14-7-6-13(4)15(18)10-14)16-11-20(12(2)3)8-9-21-16/h6-7,10,12,16-17,19H,5,8-9,11H2,1-4H3. The van der Waals surface area contributed by atoms with E-state index in [1.165, 1.54) is 0 Å². The Morgan fingerprint density at radius 2 is 2.19 bits per heavy atom. The molecule has 118 valence electrons. The lowest BCUT2D eigenvalue weighted by atomic mass is 9.98.